The molecule has 1 aliphatic carbocycles. The second-order valence-corrected chi connectivity index (χ2v) is 4.58. The van der Waals surface area contributed by atoms with Gasteiger partial charge in [0, 0.05) is 4.88 Å². The molecule has 80 valence electrons. The molecule has 0 unspecified atom stereocenters. The minimum absolute atomic E-state index is 0.109. The zero-order valence-electron chi connectivity index (χ0n) is 8.79. The predicted molar refractivity (Wildman–Crippen MR) is 61.9 cm³/mol. The lowest BCUT2D eigenvalue weighted by Gasteiger charge is -2.12. The van der Waals surface area contributed by atoms with E-state index in [9.17, 15) is 4.79 Å². The number of carbonyl (C=O) groups is 1. The van der Waals surface area contributed by atoms with Crippen LogP contribution in [0.25, 0.3) is 6.08 Å². The van der Waals surface area contributed by atoms with Crippen LogP contribution in [-0.2, 0) is 16.0 Å². The number of rotatable bonds is 3. The van der Waals surface area contributed by atoms with Crippen LogP contribution in [0.2, 0.25) is 0 Å². The molecule has 0 fully saturated rings. The summed E-state index contributed by atoms with van der Waals surface area (Å²) in [7, 11) is 0. The fraction of sp³-hybridized carbons (Fsp3) is 0.417. The maximum absolute atomic E-state index is 11.3. The number of ether oxygens (including phenoxy) is 1. The van der Waals surface area contributed by atoms with Crippen molar-refractivity contribution >= 4 is 23.4 Å². The van der Waals surface area contributed by atoms with Gasteiger partial charge in [-0.3, -0.25) is 4.79 Å². The number of carbonyl (C=O) groups excluding carboxylic acids is 1. The molecule has 0 aromatic carbocycles. The normalized spacial score (nSPS) is 14.3. The molecular formula is C12H14O2S. The number of esters is 1. The highest BCUT2D eigenvalue weighted by Gasteiger charge is 2.14. The molecule has 0 atom stereocenters. The molecule has 15 heavy (non-hydrogen) atoms. The van der Waals surface area contributed by atoms with E-state index in [-0.39, 0.29) is 5.97 Å². The Kier molecular flexibility index (Phi) is 3.21. The van der Waals surface area contributed by atoms with Gasteiger partial charge in [-0.1, -0.05) is 11.6 Å². The van der Waals surface area contributed by atoms with Crippen molar-refractivity contribution in [1.82, 2.24) is 0 Å². The summed E-state index contributed by atoms with van der Waals surface area (Å²) in [4.78, 5) is 12.7. The minimum atomic E-state index is -0.109. The summed E-state index contributed by atoms with van der Waals surface area (Å²) in [6, 6.07) is 2.12. The number of aryl methyl sites for hydroxylation is 1. The first kappa shape index (κ1) is 10.4. The standard InChI is InChI=1S/C12H14O2S/c1-2-14-12(13)8-9-3-4-11-10(7-9)5-6-15-11/h5-7H,2-4,8H2,1H3. The van der Waals surface area contributed by atoms with Crippen molar-refractivity contribution in [2.75, 3.05) is 6.61 Å². The van der Waals surface area contributed by atoms with E-state index >= 15 is 0 Å². The highest BCUT2D eigenvalue weighted by molar-refractivity contribution is 7.10. The number of thiophene rings is 1. The van der Waals surface area contributed by atoms with Crippen LogP contribution in [0.5, 0.6) is 0 Å². The zero-order valence-corrected chi connectivity index (χ0v) is 9.60. The van der Waals surface area contributed by atoms with Gasteiger partial charge in [0.1, 0.15) is 0 Å². The molecule has 0 N–H and O–H groups in total. The summed E-state index contributed by atoms with van der Waals surface area (Å²) in [5.74, 6) is -0.109. The Morgan fingerprint density at radius 2 is 2.40 bits per heavy atom. The average molecular weight is 222 g/mol. The van der Waals surface area contributed by atoms with Gasteiger partial charge in [-0.15, -0.1) is 11.3 Å². The van der Waals surface area contributed by atoms with Gasteiger partial charge in [-0.05, 0) is 36.8 Å². The summed E-state index contributed by atoms with van der Waals surface area (Å²) in [6.07, 6.45) is 4.64. The van der Waals surface area contributed by atoms with E-state index in [4.69, 9.17) is 4.74 Å². The van der Waals surface area contributed by atoms with E-state index in [0.717, 1.165) is 12.8 Å². The Labute approximate surface area is 93.6 Å². The monoisotopic (exact) mass is 222 g/mol. The third kappa shape index (κ3) is 2.48. The van der Waals surface area contributed by atoms with Gasteiger partial charge in [0.15, 0.2) is 0 Å². The molecule has 1 aromatic heterocycles. The lowest BCUT2D eigenvalue weighted by atomic mass is 9.97. The molecule has 0 aliphatic heterocycles. The molecule has 2 nitrogen and oxygen atoms in total. The summed E-state index contributed by atoms with van der Waals surface area (Å²) in [5, 5.41) is 2.11. The van der Waals surface area contributed by atoms with Crippen molar-refractivity contribution in [1.29, 1.82) is 0 Å². The zero-order chi connectivity index (χ0) is 10.7. The highest BCUT2D eigenvalue weighted by atomic mass is 32.1. The summed E-state index contributed by atoms with van der Waals surface area (Å²) < 4.78 is 4.94. The Bertz CT molecular complexity index is 390. The lowest BCUT2D eigenvalue weighted by Crippen LogP contribution is -2.07. The van der Waals surface area contributed by atoms with Crippen LogP contribution in [0.4, 0.5) is 0 Å². The molecule has 1 heterocycles. The fourth-order valence-corrected chi connectivity index (χ4v) is 2.65. The first-order chi connectivity index (χ1) is 7.29. The van der Waals surface area contributed by atoms with Crippen molar-refractivity contribution in [3.05, 3.63) is 27.5 Å². The molecule has 3 heteroatoms. The first-order valence-corrected chi connectivity index (χ1v) is 6.09. The Balaban J connectivity index is 2.04. The van der Waals surface area contributed by atoms with Crippen LogP contribution in [-0.4, -0.2) is 12.6 Å². The van der Waals surface area contributed by atoms with Gasteiger partial charge in [-0.2, -0.15) is 0 Å². The van der Waals surface area contributed by atoms with Crippen molar-refractivity contribution in [2.24, 2.45) is 0 Å². The summed E-state index contributed by atoms with van der Waals surface area (Å²) in [5.41, 5.74) is 2.48. The van der Waals surface area contributed by atoms with Gasteiger partial charge >= 0.3 is 5.97 Å². The molecule has 0 saturated carbocycles. The van der Waals surface area contributed by atoms with E-state index in [2.05, 4.69) is 17.5 Å². The van der Waals surface area contributed by atoms with E-state index in [0.29, 0.717) is 13.0 Å². The lowest BCUT2D eigenvalue weighted by molar-refractivity contribution is -0.142. The predicted octanol–water partition coefficient (Wildman–Crippen LogP) is 3.03. The van der Waals surface area contributed by atoms with Gasteiger partial charge in [0.05, 0.1) is 13.0 Å². The largest absolute Gasteiger partial charge is 0.466 e. The third-order valence-electron chi connectivity index (χ3n) is 2.49. The van der Waals surface area contributed by atoms with E-state index in [1.807, 2.05) is 6.92 Å². The van der Waals surface area contributed by atoms with Crippen molar-refractivity contribution < 1.29 is 9.53 Å². The number of fused-ring (bicyclic) bond motifs is 1. The smallest absolute Gasteiger partial charge is 0.309 e. The van der Waals surface area contributed by atoms with Crippen LogP contribution in [0.1, 0.15) is 30.2 Å². The SMILES string of the molecule is CCOC(=O)CC1=Cc2ccsc2CC1. The maximum Gasteiger partial charge on any atom is 0.309 e. The van der Waals surface area contributed by atoms with Gasteiger partial charge in [-0.25, -0.2) is 0 Å². The summed E-state index contributed by atoms with van der Waals surface area (Å²) in [6.45, 7) is 2.31. The number of hydrogen-bond acceptors (Lipinski definition) is 3. The second-order valence-electron chi connectivity index (χ2n) is 3.58. The van der Waals surface area contributed by atoms with Crippen LogP contribution in [0.15, 0.2) is 17.0 Å². The first-order valence-electron chi connectivity index (χ1n) is 5.21. The van der Waals surface area contributed by atoms with Crippen LogP contribution >= 0.6 is 11.3 Å². The second kappa shape index (κ2) is 4.62. The molecule has 1 aromatic rings. The molecule has 0 radical (unpaired) electrons. The molecule has 0 spiro atoms. The molecule has 0 bridgehead atoms. The van der Waals surface area contributed by atoms with Gasteiger partial charge in [0.2, 0.25) is 0 Å². The van der Waals surface area contributed by atoms with Crippen LogP contribution in [0, 0.1) is 0 Å². The maximum atomic E-state index is 11.3. The van der Waals surface area contributed by atoms with Crippen LogP contribution in [0.3, 0.4) is 0 Å². The minimum Gasteiger partial charge on any atom is -0.466 e. The average Bonchev–Trinajstić information content (AvgIpc) is 2.65. The Morgan fingerprint density at radius 3 is 3.20 bits per heavy atom. The van der Waals surface area contributed by atoms with Crippen molar-refractivity contribution in [3.8, 4) is 0 Å². The van der Waals surface area contributed by atoms with E-state index < -0.39 is 0 Å². The van der Waals surface area contributed by atoms with Gasteiger partial charge < -0.3 is 4.74 Å². The van der Waals surface area contributed by atoms with Gasteiger partial charge in [0.25, 0.3) is 0 Å². The molecule has 1 aliphatic rings. The Morgan fingerprint density at radius 1 is 1.53 bits per heavy atom. The third-order valence-corrected chi connectivity index (χ3v) is 3.49. The summed E-state index contributed by atoms with van der Waals surface area (Å²) >= 11 is 1.80. The van der Waals surface area contributed by atoms with Crippen LogP contribution < -0.4 is 0 Å². The fourth-order valence-electron chi connectivity index (χ4n) is 1.79. The molecule has 0 amide bonds. The molecular weight excluding hydrogens is 208 g/mol. The topological polar surface area (TPSA) is 26.3 Å². The van der Waals surface area contributed by atoms with Crippen molar-refractivity contribution in [2.45, 2.75) is 26.2 Å². The molecule has 0 saturated heterocycles. The molecule has 2 rings (SSSR count). The Hall–Kier alpha value is -1.09. The van der Waals surface area contributed by atoms with E-state index in [1.165, 1.54) is 16.0 Å². The number of hydrogen-bond donors (Lipinski definition) is 0. The van der Waals surface area contributed by atoms with E-state index in [1.54, 1.807) is 11.3 Å². The van der Waals surface area contributed by atoms with Crippen molar-refractivity contribution in [3.63, 3.8) is 0 Å². The highest BCUT2D eigenvalue weighted by Crippen LogP contribution is 2.29. The quantitative estimate of drug-likeness (QED) is 0.735.